The van der Waals surface area contributed by atoms with Gasteiger partial charge >= 0.3 is 0 Å². The van der Waals surface area contributed by atoms with Gasteiger partial charge in [-0.1, -0.05) is 6.42 Å². The van der Waals surface area contributed by atoms with E-state index in [-0.39, 0.29) is 24.4 Å². The molecule has 2 rings (SSSR count). The van der Waals surface area contributed by atoms with E-state index in [0.717, 1.165) is 38.8 Å². The van der Waals surface area contributed by atoms with Crippen LogP contribution in [0.1, 0.15) is 25.7 Å². The quantitative estimate of drug-likeness (QED) is 0.677. The van der Waals surface area contributed by atoms with Gasteiger partial charge < -0.3 is 11.1 Å². The van der Waals surface area contributed by atoms with Gasteiger partial charge in [0.05, 0.1) is 12.6 Å². The SMILES string of the molecule is NC(=O)C1CCCCN1CC(=O)NCCCn1cccn1. The van der Waals surface area contributed by atoms with Crippen LogP contribution in [-0.2, 0) is 16.1 Å². The minimum atomic E-state index is -0.332. The second-order valence-electron chi connectivity index (χ2n) is 5.36. The first-order valence-electron chi connectivity index (χ1n) is 7.44. The van der Waals surface area contributed by atoms with Gasteiger partial charge in [0.2, 0.25) is 11.8 Å². The average molecular weight is 293 g/mol. The number of nitrogens with zero attached hydrogens (tertiary/aromatic N) is 3. The van der Waals surface area contributed by atoms with Crippen LogP contribution < -0.4 is 11.1 Å². The van der Waals surface area contributed by atoms with Gasteiger partial charge in [0.1, 0.15) is 0 Å². The van der Waals surface area contributed by atoms with E-state index in [2.05, 4.69) is 10.4 Å². The number of carbonyl (C=O) groups is 2. The van der Waals surface area contributed by atoms with Crippen LogP contribution in [0.4, 0.5) is 0 Å². The largest absolute Gasteiger partial charge is 0.368 e. The van der Waals surface area contributed by atoms with E-state index in [1.54, 1.807) is 6.20 Å². The minimum Gasteiger partial charge on any atom is -0.368 e. The van der Waals surface area contributed by atoms with Crippen molar-refractivity contribution in [2.45, 2.75) is 38.3 Å². The van der Waals surface area contributed by atoms with Crippen molar-refractivity contribution in [2.75, 3.05) is 19.6 Å². The van der Waals surface area contributed by atoms with Crippen molar-refractivity contribution in [2.24, 2.45) is 5.73 Å². The summed E-state index contributed by atoms with van der Waals surface area (Å²) in [7, 11) is 0. The second-order valence-corrected chi connectivity index (χ2v) is 5.36. The summed E-state index contributed by atoms with van der Waals surface area (Å²) in [5, 5.41) is 6.98. The highest BCUT2D eigenvalue weighted by atomic mass is 16.2. The summed E-state index contributed by atoms with van der Waals surface area (Å²) in [5.41, 5.74) is 5.39. The molecule has 0 radical (unpaired) electrons. The first-order chi connectivity index (χ1) is 10.2. The molecule has 1 aromatic rings. The molecule has 2 amide bonds. The Morgan fingerprint density at radius 3 is 2.95 bits per heavy atom. The first kappa shape index (κ1) is 15.5. The third kappa shape index (κ3) is 4.86. The lowest BCUT2D eigenvalue weighted by Crippen LogP contribution is -2.51. The van der Waals surface area contributed by atoms with Crippen LogP contribution in [0.15, 0.2) is 18.5 Å². The van der Waals surface area contributed by atoms with Gasteiger partial charge in [0, 0.05) is 25.5 Å². The van der Waals surface area contributed by atoms with Gasteiger partial charge in [-0.3, -0.25) is 19.2 Å². The van der Waals surface area contributed by atoms with Crippen LogP contribution in [-0.4, -0.2) is 52.2 Å². The number of likely N-dealkylation sites (tertiary alicyclic amines) is 1. The number of nitrogens with two attached hydrogens (primary N) is 1. The average Bonchev–Trinajstić information content (AvgIpc) is 2.97. The van der Waals surface area contributed by atoms with Crippen molar-refractivity contribution in [1.82, 2.24) is 20.0 Å². The third-order valence-electron chi connectivity index (χ3n) is 3.73. The van der Waals surface area contributed by atoms with Crippen molar-refractivity contribution in [3.63, 3.8) is 0 Å². The molecule has 1 fully saturated rings. The number of hydrogen-bond donors (Lipinski definition) is 2. The van der Waals surface area contributed by atoms with Crippen LogP contribution >= 0.6 is 0 Å². The molecule has 7 nitrogen and oxygen atoms in total. The van der Waals surface area contributed by atoms with Crippen LogP contribution in [0.3, 0.4) is 0 Å². The molecule has 2 heterocycles. The zero-order valence-corrected chi connectivity index (χ0v) is 12.2. The fraction of sp³-hybridized carbons (Fsp3) is 0.643. The second kappa shape index (κ2) is 7.78. The van der Waals surface area contributed by atoms with E-state index in [4.69, 9.17) is 5.73 Å². The van der Waals surface area contributed by atoms with Gasteiger partial charge in [-0.15, -0.1) is 0 Å². The molecule has 1 unspecified atom stereocenters. The molecule has 1 aliphatic heterocycles. The number of aromatic nitrogens is 2. The third-order valence-corrected chi connectivity index (χ3v) is 3.73. The molecule has 1 atom stereocenters. The molecule has 0 bridgehead atoms. The predicted octanol–water partition coefficient (Wildman–Crippen LogP) is -0.271. The Labute approximate surface area is 124 Å². The number of primary amides is 1. The van der Waals surface area contributed by atoms with Gasteiger partial charge in [-0.2, -0.15) is 5.10 Å². The van der Waals surface area contributed by atoms with Crippen LogP contribution in [0, 0.1) is 0 Å². The predicted molar refractivity (Wildman–Crippen MR) is 78.3 cm³/mol. The monoisotopic (exact) mass is 293 g/mol. The van der Waals surface area contributed by atoms with Crippen molar-refractivity contribution < 1.29 is 9.59 Å². The number of hydrogen-bond acceptors (Lipinski definition) is 4. The molecule has 3 N–H and O–H groups in total. The molecule has 0 aliphatic carbocycles. The van der Waals surface area contributed by atoms with Crippen LogP contribution in [0.5, 0.6) is 0 Å². The van der Waals surface area contributed by atoms with Crippen molar-refractivity contribution in [1.29, 1.82) is 0 Å². The molecule has 1 saturated heterocycles. The fourth-order valence-corrected chi connectivity index (χ4v) is 2.64. The Balaban J connectivity index is 1.67. The molecule has 7 heteroatoms. The smallest absolute Gasteiger partial charge is 0.234 e. The zero-order valence-electron chi connectivity index (χ0n) is 12.2. The van der Waals surface area contributed by atoms with E-state index < -0.39 is 0 Å². The number of rotatable bonds is 7. The van der Waals surface area contributed by atoms with Crippen molar-refractivity contribution in [3.8, 4) is 0 Å². The zero-order chi connectivity index (χ0) is 15.1. The Hall–Kier alpha value is -1.89. The van der Waals surface area contributed by atoms with E-state index in [1.807, 2.05) is 21.8 Å². The van der Waals surface area contributed by atoms with E-state index >= 15 is 0 Å². The summed E-state index contributed by atoms with van der Waals surface area (Å²) < 4.78 is 1.83. The standard InChI is InChI=1S/C14H23N5O2/c15-14(21)12-5-1-2-8-18(12)11-13(20)16-6-3-9-19-10-4-7-17-19/h4,7,10,12H,1-3,5-6,8-9,11H2,(H2,15,21)(H,16,20). The number of amides is 2. The Morgan fingerprint density at radius 2 is 2.24 bits per heavy atom. The number of carbonyl (C=O) groups excluding carboxylic acids is 2. The van der Waals surface area contributed by atoms with E-state index in [0.29, 0.717) is 6.54 Å². The molecular weight excluding hydrogens is 270 g/mol. The molecule has 0 saturated carbocycles. The molecule has 116 valence electrons. The Kier molecular flexibility index (Phi) is 5.74. The van der Waals surface area contributed by atoms with Crippen LogP contribution in [0.25, 0.3) is 0 Å². The van der Waals surface area contributed by atoms with Gasteiger partial charge in [0.15, 0.2) is 0 Å². The summed E-state index contributed by atoms with van der Waals surface area (Å²) in [6.07, 6.45) is 7.21. The molecule has 1 aromatic heterocycles. The summed E-state index contributed by atoms with van der Waals surface area (Å²) in [4.78, 5) is 25.2. The van der Waals surface area contributed by atoms with Gasteiger partial charge in [-0.25, -0.2) is 0 Å². The maximum absolute atomic E-state index is 11.9. The molecule has 1 aliphatic rings. The number of aryl methyl sites for hydroxylation is 1. The summed E-state index contributed by atoms with van der Waals surface area (Å²) >= 11 is 0. The topological polar surface area (TPSA) is 93.3 Å². The maximum Gasteiger partial charge on any atom is 0.234 e. The lowest BCUT2D eigenvalue weighted by atomic mass is 10.0. The fourth-order valence-electron chi connectivity index (χ4n) is 2.64. The summed E-state index contributed by atoms with van der Waals surface area (Å²) in [6.45, 7) is 2.39. The lowest BCUT2D eigenvalue weighted by molar-refractivity contribution is -0.128. The molecule has 0 spiro atoms. The van der Waals surface area contributed by atoms with Gasteiger partial charge in [0.25, 0.3) is 0 Å². The maximum atomic E-state index is 11.9. The van der Waals surface area contributed by atoms with Crippen LogP contribution in [0.2, 0.25) is 0 Å². The molecule has 0 aromatic carbocycles. The Morgan fingerprint density at radius 1 is 1.38 bits per heavy atom. The van der Waals surface area contributed by atoms with Crippen molar-refractivity contribution in [3.05, 3.63) is 18.5 Å². The highest BCUT2D eigenvalue weighted by Gasteiger charge is 2.27. The summed E-state index contributed by atoms with van der Waals surface area (Å²) in [6, 6.07) is 1.58. The highest BCUT2D eigenvalue weighted by molar-refractivity contribution is 5.82. The minimum absolute atomic E-state index is 0.0522. The lowest BCUT2D eigenvalue weighted by Gasteiger charge is -2.32. The normalized spacial score (nSPS) is 19.3. The first-order valence-corrected chi connectivity index (χ1v) is 7.44. The highest BCUT2D eigenvalue weighted by Crippen LogP contribution is 2.15. The van der Waals surface area contributed by atoms with Gasteiger partial charge in [-0.05, 0) is 31.9 Å². The van der Waals surface area contributed by atoms with E-state index in [1.165, 1.54) is 0 Å². The summed E-state index contributed by atoms with van der Waals surface area (Å²) in [5.74, 6) is -0.384. The van der Waals surface area contributed by atoms with E-state index in [9.17, 15) is 9.59 Å². The number of piperidine rings is 1. The Bertz CT molecular complexity index is 460. The molecular formula is C14H23N5O2. The molecule has 21 heavy (non-hydrogen) atoms. The number of nitrogens with one attached hydrogen (secondary N) is 1. The van der Waals surface area contributed by atoms with Crippen molar-refractivity contribution >= 4 is 11.8 Å².